The first-order valence-corrected chi connectivity index (χ1v) is 3.81. The van der Waals surface area contributed by atoms with Crippen molar-refractivity contribution in [2.24, 2.45) is 0 Å². The summed E-state index contributed by atoms with van der Waals surface area (Å²) in [5, 5.41) is 0. The van der Waals surface area contributed by atoms with E-state index in [1.807, 2.05) is 0 Å². The zero-order chi connectivity index (χ0) is 9.90. The summed E-state index contributed by atoms with van der Waals surface area (Å²) in [7, 11) is 0. The first-order chi connectivity index (χ1) is 6.00. The maximum Gasteiger partial charge on any atom is 0.345 e. The predicted molar refractivity (Wildman–Crippen MR) is 43.1 cm³/mol. The molecular weight excluding hydrogens is 179 g/mol. The second-order valence-electron chi connectivity index (χ2n) is 2.78. The molecule has 1 nitrogen and oxygen atoms in total. The summed E-state index contributed by atoms with van der Waals surface area (Å²) in [6, 6.07) is 4.11. The fraction of sp³-hybridized carbons (Fsp3) is 0.333. The van der Waals surface area contributed by atoms with Gasteiger partial charge in [0.25, 0.3) is 0 Å². The Bertz CT molecular complexity index is 255. The number of hydrogen-bond donors (Lipinski definition) is 0. The molecule has 0 heterocycles. The molecule has 1 unspecified atom stereocenters. The molecule has 13 heavy (non-hydrogen) atoms. The third kappa shape index (κ3) is 3.06. The van der Waals surface area contributed by atoms with Gasteiger partial charge in [-0.3, -0.25) is 0 Å². The Morgan fingerprint density at radius 1 is 1.23 bits per heavy atom. The van der Waals surface area contributed by atoms with Crippen LogP contribution in [0, 0.1) is 0 Å². The van der Waals surface area contributed by atoms with Gasteiger partial charge in [0, 0.05) is 6.42 Å². The molecule has 0 fully saturated rings. The van der Waals surface area contributed by atoms with Crippen molar-refractivity contribution in [2.75, 3.05) is 0 Å². The average molecular weight is 188 g/mol. The van der Waals surface area contributed by atoms with E-state index < -0.39 is 18.6 Å². The Kier molecular flexibility index (Phi) is 2.93. The van der Waals surface area contributed by atoms with E-state index in [9.17, 15) is 13.2 Å². The van der Waals surface area contributed by atoms with E-state index in [0.717, 1.165) is 0 Å². The average Bonchev–Trinajstić information content (AvgIpc) is 2.04. The molecule has 1 atom stereocenters. The number of halogens is 3. The van der Waals surface area contributed by atoms with Gasteiger partial charge >= 0.3 is 6.05 Å². The molecule has 1 aromatic carbocycles. The Morgan fingerprint density at radius 2 is 1.77 bits per heavy atom. The number of rotatable bonds is 3. The van der Waals surface area contributed by atoms with Crippen molar-refractivity contribution < 1.29 is 13.2 Å². The SMILES string of the molecule is [NH]C(F)(F)C(F)Cc1ccccc1. The molecule has 1 radical (unpaired) electrons. The number of hydrogen-bond acceptors (Lipinski definition) is 0. The van der Waals surface area contributed by atoms with E-state index in [-0.39, 0.29) is 0 Å². The third-order valence-corrected chi connectivity index (χ3v) is 1.65. The van der Waals surface area contributed by atoms with Crippen molar-refractivity contribution in [1.29, 1.82) is 0 Å². The van der Waals surface area contributed by atoms with E-state index in [1.165, 1.54) is 0 Å². The first-order valence-electron chi connectivity index (χ1n) is 3.81. The minimum Gasteiger partial charge on any atom is -0.239 e. The van der Waals surface area contributed by atoms with E-state index in [0.29, 0.717) is 5.56 Å². The van der Waals surface area contributed by atoms with Crippen LogP contribution in [-0.4, -0.2) is 12.2 Å². The van der Waals surface area contributed by atoms with Gasteiger partial charge in [-0.05, 0) is 5.56 Å². The highest BCUT2D eigenvalue weighted by Crippen LogP contribution is 2.20. The topological polar surface area (TPSA) is 23.8 Å². The van der Waals surface area contributed by atoms with Gasteiger partial charge in [0.2, 0.25) is 0 Å². The molecular formula is C9H9F3N. The minimum atomic E-state index is -4.00. The van der Waals surface area contributed by atoms with Gasteiger partial charge in [0.15, 0.2) is 6.17 Å². The van der Waals surface area contributed by atoms with E-state index in [2.05, 4.69) is 0 Å². The molecule has 1 aromatic rings. The molecule has 0 saturated heterocycles. The van der Waals surface area contributed by atoms with Gasteiger partial charge in [-0.1, -0.05) is 30.3 Å². The molecule has 0 saturated carbocycles. The summed E-state index contributed by atoms with van der Waals surface area (Å²) in [6.07, 6.45) is -2.85. The maximum absolute atomic E-state index is 12.7. The number of alkyl halides is 3. The van der Waals surface area contributed by atoms with Crippen molar-refractivity contribution in [3.63, 3.8) is 0 Å². The minimum absolute atomic E-state index is 0.419. The molecule has 0 spiro atoms. The Labute approximate surface area is 74.4 Å². The summed E-state index contributed by atoms with van der Waals surface area (Å²) in [5.74, 6) is 0. The van der Waals surface area contributed by atoms with Crippen LogP contribution in [-0.2, 0) is 6.42 Å². The highest BCUT2D eigenvalue weighted by atomic mass is 19.3. The highest BCUT2D eigenvalue weighted by Gasteiger charge is 2.36. The summed E-state index contributed by atoms with van der Waals surface area (Å²) in [4.78, 5) is 0. The predicted octanol–water partition coefficient (Wildman–Crippen LogP) is 2.44. The summed E-state index contributed by atoms with van der Waals surface area (Å²) in [5.41, 5.74) is 6.65. The summed E-state index contributed by atoms with van der Waals surface area (Å²) in [6.45, 7) is 0. The lowest BCUT2D eigenvalue weighted by molar-refractivity contribution is -0.0729. The van der Waals surface area contributed by atoms with E-state index >= 15 is 0 Å². The van der Waals surface area contributed by atoms with Crippen molar-refractivity contribution in [3.8, 4) is 0 Å². The summed E-state index contributed by atoms with van der Waals surface area (Å²) < 4.78 is 36.8. The van der Waals surface area contributed by atoms with Gasteiger partial charge in [0.05, 0.1) is 0 Å². The molecule has 0 aliphatic heterocycles. The second kappa shape index (κ2) is 3.79. The quantitative estimate of drug-likeness (QED) is 0.650. The number of nitrogens with one attached hydrogen (secondary N) is 1. The van der Waals surface area contributed by atoms with E-state index in [1.54, 1.807) is 30.3 Å². The first kappa shape index (κ1) is 10.1. The zero-order valence-corrected chi connectivity index (χ0v) is 6.81. The van der Waals surface area contributed by atoms with Gasteiger partial charge in [-0.2, -0.15) is 14.5 Å². The lowest BCUT2D eigenvalue weighted by atomic mass is 10.1. The Balaban J connectivity index is 2.61. The Morgan fingerprint density at radius 3 is 2.23 bits per heavy atom. The Hall–Kier alpha value is -1.03. The van der Waals surface area contributed by atoms with Crippen LogP contribution in [0.15, 0.2) is 30.3 Å². The fourth-order valence-electron chi connectivity index (χ4n) is 0.949. The standard InChI is InChI=1S/C9H9F3N/c10-8(9(11,12)13)6-7-4-2-1-3-5-7/h1-5,8,13H,6H2. The van der Waals surface area contributed by atoms with Crippen molar-refractivity contribution in [2.45, 2.75) is 18.6 Å². The monoisotopic (exact) mass is 188 g/mol. The van der Waals surface area contributed by atoms with Crippen molar-refractivity contribution in [1.82, 2.24) is 5.73 Å². The molecule has 0 aromatic heterocycles. The molecule has 1 rings (SSSR count). The molecule has 4 heteroatoms. The maximum atomic E-state index is 12.7. The van der Waals surface area contributed by atoms with Crippen molar-refractivity contribution >= 4 is 0 Å². The third-order valence-electron chi connectivity index (χ3n) is 1.65. The molecule has 0 aliphatic carbocycles. The van der Waals surface area contributed by atoms with Crippen LogP contribution >= 0.6 is 0 Å². The fourth-order valence-corrected chi connectivity index (χ4v) is 0.949. The van der Waals surface area contributed by atoms with Gasteiger partial charge in [-0.15, -0.1) is 0 Å². The smallest absolute Gasteiger partial charge is 0.239 e. The number of benzene rings is 1. The van der Waals surface area contributed by atoms with Crippen molar-refractivity contribution in [3.05, 3.63) is 35.9 Å². The second-order valence-corrected chi connectivity index (χ2v) is 2.78. The van der Waals surface area contributed by atoms with Crippen LogP contribution in [0.5, 0.6) is 0 Å². The highest BCUT2D eigenvalue weighted by molar-refractivity contribution is 5.15. The molecule has 71 valence electrons. The van der Waals surface area contributed by atoms with E-state index in [4.69, 9.17) is 5.73 Å². The van der Waals surface area contributed by atoms with Crippen LogP contribution in [0.3, 0.4) is 0 Å². The lowest BCUT2D eigenvalue weighted by Crippen LogP contribution is -2.32. The molecule has 0 amide bonds. The van der Waals surface area contributed by atoms with Crippen LogP contribution in [0.2, 0.25) is 0 Å². The normalized spacial score (nSPS) is 14.2. The van der Waals surface area contributed by atoms with Gasteiger partial charge < -0.3 is 0 Å². The summed E-state index contributed by atoms with van der Waals surface area (Å²) >= 11 is 0. The van der Waals surface area contributed by atoms with Gasteiger partial charge in [0.1, 0.15) is 0 Å². The van der Waals surface area contributed by atoms with Crippen LogP contribution in [0.4, 0.5) is 13.2 Å². The molecule has 1 N–H and O–H groups in total. The molecule has 0 aliphatic rings. The lowest BCUT2D eigenvalue weighted by Gasteiger charge is -2.14. The van der Waals surface area contributed by atoms with Crippen LogP contribution < -0.4 is 5.73 Å². The largest absolute Gasteiger partial charge is 0.345 e. The van der Waals surface area contributed by atoms with Gasteiger partial charge in [-0.25, -0.2) is 4.39 Å². The zero-order valence-electron chi connectivity index (χ0n) is 6.81. The van der Waals surface area contributed by atoms with Crippen LogP contribution in [0.25, 0.3) is 0 Å². The molecule has 0 bridgehead atoms. The van der Waals surface area contributed by atoms with Crippen LogP contribution in [0.1, 0.15) is 5.56 Å².